The van der Waals surface area contributed by atoms with Gasteiger partial charge in [-0.1, -0.05) is 44.9 Å². The summed E-state index contributed by atoms with van der Waals surface area (Å²) in [5, 5.41) is 8.30. The molecule has 0 atom stereocenters. The summed E-state index contributed by atoms with van der Waals surface area (Å²) in [7, 11) is -0.260. The highest BCUT2D eigenvalue weighted by molar-refractivity contribution is 6.17. The molecule has 0 aliphatic heterocycles. The molecule has 0 heterocycles. The fourth-order valence-corrected chi connectivity index (χ4v) is 0.591. The number of hydrogen-bond donors (Lipinski definition) is 1. The molecule has 0 bridgehead atoms. The van der Waals surface area contributed by atoms with Crippen molar-refractivity contribution in [3.63, 3.8) is 0 Å². The molecule has 13 heavy (non-hydrogen) atoms. The van der Waals surface area contributed by atoms with Crippen LogP contribution >= 0.6 is 0 Å². The van der Waals surface area contributed by atoms with Crippen LogP contribution in [0.25, 0.3) is 0 Å². The summed E-state index contributed by atoms with van der Waals surface area (Å²) in [6.45, 7) is 4.36. The van der Waals surface area contributed by atoms with E-state index in [1.54, 1.807) is 12.1 Å². The molecule has 0 aromatic heterocycles. The lowest BCUT2D eigenvalue weighted by molar-refractivity contribution is 0.454. The van der Waals surface area contributed by atoms with Crippen molar-refractivity contribution in [1.29, 1.82) is 0 Å². The molecule has 1 rings (SSSR count). The van der Waals surface area contributed by atoms with Crippen LogP contribution in [0, 0.1) is 0 Å². The minimum absolute atomic E-state index is 0.260. The molecule has 0 saturated heterocycles. The number of unbranched alkanes of at least 4 members (excludes halogenated alkanes) is 1. The number of benzene rings is 1. The van der Waals surface area contributed by atoms with E-state index in [9.17, 15) is 0 Å². The van der Waals surface area contributed by atoms with Gasteiger partial charge in [0.15, 0.2) is 0 Å². The lowest BCUT2D eigenvalue weighted by atomic mass is 10.3. The van der Waals surface area contributed by atoms with Crippen LogP contribution in [0.1, 0.15) is 26.7 Å². The maximum Gasteiger partial charge on any atom is 0.504 e. The van der Waals surface area contributed by atoms with Gasteiger partial charge in [0.2, 0.25) is 0 Å². The predicted molar refractivity (Wildman–Crippen MR) is 57.0 cm³/mol. The maximum atomic E-state index is 8.30. The smallest absolute Gasteiger partial charge is 0.504 e. The second-order valence-corrected chi connectivity index (χ2v) is 2.59. The standard InChI is InChI=1S/C6H7BO2.C4H10/c8-7-9-6-4-2-1-3-5-6;1-3-4-2/h1-5,7-8H;3-4H2,1-2H3. The topological polar surface area (TPSA) is 29.5 Å². The van der Waals surface area contributed by atoms with Crippen molar-refractivity contribution in [3.05, 3.63) is 30.3 Å². The van der Waals surface area contributed by atoms with Crippen molar-refractivity contribution >= 4 is 7.69 Å². The molecule has 0 aliphatic rings. The van der Waals surface area contributed by atoms with E-state index in [2.05, 4.69) is 13.8 Å². The van der Waals surface area contributed by atoms with Gasteiger partial charge in [-0.3, -0.25) is 0 Å². The Morgan fingerprint density at radius 3 is 2.08 bits per heavy atom. The zero-order valence-electron chi connectivity index (χ0n) is 8.36. The Bertz CT molecular complexity index is 187. The molecule has 1 aromatic rings. The summed E-state index contributed by atoms with van der Waals surface area (Å²) >= 11 is 0. The van der Waals surface area contributed by atoms with Crippen molar-refractivity contribution in [2.24, 2.45) is 0 Å². The summed E-state index contributed by atoms with van der Waals surface area (Å²) < 4.78 is 4.76. The first-order chi connectivity index (χ1) is 6.35. The largest absolute Gasteiger partial charge is 0.539 e. The van der Waals surface area contributed by atoms with E-state index in [1.165, 1.54) is 12.8 Å². The molecule has 0 aliphatic carbocycles. The van der Waals surface area contributed by atoms with Gasteiger partial charge in [-0.25, -0.2) is 0 Å². The Balaban J connectivity index is 0.000000310. The third-order valence-electron chi connectivity index (χ3n) is 1.47. The van der Waals surface area contributed by atoms with E-state index in [-0.39, 0.29) is 7.69 Å². The fourth-order valence-electron chi connectivity index (χ4n) is 0.591. The van der Waals surface area contributed by atoms with Crippen LogP contribution in [0.2, 0.25) is 0 Å². The Hall–Kier alpha value is -0.955. The highest BCUT2D eigenvalue weighted by Gasteiger charge is 1.87. The lowest BCUT2D eigenvalue weighted by Gasteiger charge is -1.97. The predicted octanol–water partition coefficient (Wildman–Crippen LogP) is 2.13. The summed E-state index contributed by atoms with van der Waals surface area (Å²) in [4.78, 5) is 0. The van der Waals surface area contributed by atoms with Crippen LogP contribution in [-0.2, 0) is 0 Å². The number of hydrogen-bond acceptors (Lipinski definition) is 2. The molecule has 0 amide bonds. The normalized spacial score (nSPS) is 8.23. The first-order valence-electron chi connectivity index (χ1n) is 4.63. The van der Waals surface area contributed by atoms with Crippen LogP contribution in [0.3, 0.4) is 0 Å². The monoisotopic (exact) mass is 180 g/mol. The molecule has 1 N–H and O–H groups in total. The van der Waals surface area contributed by atoms with Crippen LogP contribution < -0.4 is 4.65 Å². The molecule has 0 unspecified atom stereocenters. The van der Waals surface area contributed by atoms with Crippen molar-refractivity contribution in [2.75, 3.05) is 0 Å². The minimum atomic E-state index is -0.260. The van der Waals surface area contributed by atoms with Gasteiger partial charge in [-0.05, 0) is 12.1 Å². The van der Waals surface area contributed by atoms with E-state index in [1.807, 2.05) is 18.2 Å². The second-order valence-electron chi connectivity index (χ2n) is 2.59. The van der Waals surface area contributed by atoms with Gasteiger partial charge in [0, 0.05) is 0 Å². The van der Waals surface area contributed by atoms with E-state index in [4.69, 9.17) is 9.68 Å². The molecule has 0 fully saturated rings. The van der Waals surface area contributed by atoms with E-state index < -0.39 is 0 Å². The molecule has 1 aromatic carbocycles. The highest BCUT2D eigenvalue weighted by Crippen LogP contribution is 2.06. The lowest BCUT2D eigenvalue weighted by Crippen LogP contribution is -1.98. The quantitative estimate of drug-likeness (QED) is 0.722. The molecule has 0 radical (unpaired) electrons. The Morgan fingerprint density at radius 1 is 1.15 bits per heavy atom. The Kier molecular flexibility index (Phi) is 8.46. The van der Waals surface area contributed by atoms with Gasteiger partial charge < -0.3 is 9.68 Å². The molecule has 72 valence electrons. The van der Waals surface area contributed by atoms with Gasteiger partial charge in [-0.15, -0.1) is 0 Å². The zero-order valence-corrected chi connectivity index (χ0v) is 8.36. The van der Waals surface area contributed by atoms with Crippen molar-refractivity contribution in [1.82, 2.24) is 0 Å². The minimum Gasteiger partial charge on any atom is -0.539 e. The van der Waals surface area contributed by atoms with Gasteiger partial charge in [-0.2, -0.15) is 0 Å². The van der Waals surface area contributed by atoms with Crippen molar-refractivity contribution < 1.29 is 9.68 Å². The first kappa shape index (κ1) is 12.0. The summed E-state index contributed by atoms with van der Waals surface area (Å²) in [6, 6.07) is 9.17. The van der Waals surface area contributed by atoms with E-state index in [0.717, 1.165) is 0 Å². The van der Waals surface area contributed by atoms with Crippen LogP contribution in [0.15, 0.2) is 30.3 Å². The summed E-state index contributed by atoms with van der Waals surface area (Å²) in [5.41, 5.74) is 0. The first-order valence-corrected chi connectivity index (χ1v) is 4.63. The van der Waals surface area contributed by atoms with E-state index >= 15 is 0 Å². The molecule has 2 nitrogen and oxygen atoms in total. The highest BCUT2D eigenvalue weighted by atomic mass is 16.5. The molecular weight excluding hydrogens is 163 g/mol. The average Bonchev–Trinajstić information content (AvgIpc) is 2.20. The second kappa shape index (κ2) is 9.14. The van der Waals surface area contributed by atoms with Crippen molar-refractivity contribution in [3.8, 4) is 5.75 Å². The third-order valence-corrected chi connectivity index (χ3v) is 1.47. The molecule has 0 saturated carbocycles. The number of rotatable bonds is 3. The van der Waals surface area contributed by atoms with E-state index in [0.29, 0.717) is 5.75 Å². The van der Waals surface area contributed by atoms with Gasteiger partial charge >= 0.3 is 7.69 Å². The molecule has 0 spiro atoms. The Morgan fingerprint density at radius 2 is 1.69 bits per heavy atom. The van der Waals surface area contributed by atoms with Crippen molar-refractivity contribution in [2.45, 2.75) is 26.7 Å². The maximum absolute atomic E-state index is 8.30. The Labute approximate surface area is 80.9 Å². The number of para-hydroxylation sites is 1. The third kappa shape index (κ3) is 7.41. The van der Waals surface area contributed by atoms with Crippen LogP contribution in [0.4, 0.5) is 0 Å². The summed E-state index contributed by atoms with van der Waals surface area (Å²) in [5.74, 6) is 0.694. The van der Waals surface area contributed by atoms with Crippen LogP contribution in [0.5, 0.6) is 5.75 Å². The fraction of sp³-hybridized carbons (Fsp3) is 0.400. The van der Waals surface area contributed by atoms with Gasteiger partial charge in [0.1, 0.15) is 5.75 Å². The molecule has 3 heteroatoms. The average molecular weight is 180 g/mol. The SMILES string of the molecule is CCCC.OBOc1ccccc1. The molecular formula is C10H17BO2. The van der Waals surface area contributed by atoms with Gasteiger partial charge in [0.25, 0.3) is 0 Å². The van der Waals surface area contributed by atoms with Crippen LogP contribution in [-0.4, -0.2) is 12.7 Å². The zero-order chi connectivity index (χ0) is 9.94. The van der Waals surface area contributed by atoms with Gasteiger partial charge in [0.05, 0.1) is 0 Å². The summed E-state index contributed by atoms with van der Waals surface area (Å²) in [6.07, 6.45) is 2.64.